The smallest absolute Gasteiger partial charge is 0.259 e. The second-order valence-electron chi connectivity index (χ2n) is 28.5. The number of nitrogens with one attached hydrogen (secondary N) is 7. The Bertz CT molecular complexity index is 6260. The molecule has 1 aromatic heterocycles. The molecule has 0 saturated carbocycles. The third kappa shape index (κ3) is 24.1. The van der Waals surface area contributed by atoms with E-state index >= 15 is 0 Å². The Balaban J connectivity index is 0.000000147. The summed E-state index contributed by atoms with van der Waals surface area (Å²) in [6, 6.07) is 68.3. The van der Waals surface area contributed by atoms with Gasteiger partial charge in [0.25, 0.3) is 81.4 Å². The average molecular weight is 1910 g/mol. The monoisotopic (exact) mass is 1900 g/mol. The molecular formula is C89H77Cl4FN12O19S4. The van der Waals surface area contributed by atoms with Crippen LogP contribution in [0.15, 0.2) is 261 Å². The Labute approximate surface area is 760 Å². The molecule has 0 atom stereocenters. The molecule has 31 nitrogen and oxygen atoms in total. The quantitative estimate of drug-likeness (QED) is 0.0419. The fourth-order valence-corrected chi connectivity index (χ4v) is 18.9. The third-order valence-electron chi connectivity index (χ3n) is 19.5. The van der Waals surface area contributed by atoms with E-state index in [1.807, 2.05) is 36.4 Å². The number of sulfonamides is 4. The summed E-state index contributed by atoms with van der Waals surface area (Å²) >= 11 is 24.9. The van der Waals surface area contributed by atoms with E-state index in [0.29, 0.717) is 102 Å². The highest BCUT2D eigenvalue weighted by Crippen LogP contribution is 2.35. The van der Waals surface area contributed by atoms with Gasteiger partial charge in [-0.25, -0.2) is 38.1 Å². The van der Waals surface area contributed by atoms with Crippen LogP contribution in [0.5, 0.6) is 0 Å². The molecule has 11 aromatic carbocycles. The number of ether oxygens (including phenoxy) is 4. The number of nitrogens with zero attached hydrogens (tertiary/aromatic N) is 5. The highest BCUT2D eigenvalue weighted by molar-refractivity contribution is 7.93. The van der Waals surface area contributed by atoms with E-state index in [9.17, 15) is 71.6 Å². The lowest BCUT2D eigenvalue weighted by Crippen LogP contribution is -2.41. The minimum absolute atomic E-state index is 0.0512. The van der Waals surface area contributed by atoms with Crippen LogP contribution >= 0.6 is 46.4 Å². The van der Waals surface area contributed by atoms with Gasteiger partial charge >= 0.3 is 0 Å². The number of hydrogen-bond donors (Lipinski definition) is 7. The van der Waals surface area contributed by atoms with E-state index in [1.54, 1.807) is 171 Å². The predicted molar refractivity (Wildman–Crippen MR) is 495 cm³/mol. The van der Waals surface area contributed by atoms with Crippen molar-refractivity contribution in [2.75, 3.05) is 131 Å². The maximum atomic E-state index is 14.7. The Kier molecular flexibility index (Phi) is 30.4. The standard InChI is InChI=1S/C24H22ClN3O5S.C23H19Cl2N3O5S.C23H19ClFN3O5S.C19H17N3O4S/c1-16-13-19(28-11-12-33-15-34(28,31)32)8-9-20(16)24(30)26-18-7-10-21(25)22(14-18)27-23(29)17-5-3-2-4-6-17;2*24-19-9-6-16(12-21(19)27-22(29)15-4-2-1-3-5-15)26-23(30)18-8-7-17(13-20(18)25)28-10-11-33-14-34(28,31)32;23-19(21-16-6-3-14-2-1-9-20-18(14)12-16)15-4-7-17(8-5-15)22-10-11-26-13-27(22,24)25/h2-10,13-14H,11-12,15H2,1H3,(H,26,30)(H,27,29);2*1-9,12-13H,10-11,14H2,(H,26,30)(H,27,29);1-9,12H,10-11,13H2,(H,21,23). The summed E-state index contributed by atoms with van der Waals surface area (Å²) in [5.74, 6) is -5.45. The number of benzene rings is 11. The molecule has 0 aliphatic carbocycles. The first-order valence-corrected chi connectivity index (χ1v) is 46.9. The number of aryl methyl sites for hydroxylation is 1. The summed E-state index contributed by atoms with van der Waals surface area (Å²) in [5, 5.41) is 21.0. The Hall–Kier alpha value is -13.0. The molecule has 4 fully saturated rings. The zero-order chi connectivity index (χ0) is 91.7. The van der Waals surface area contributed by atoms with Crippen LogP contribution in [-0.2, 0) is 59.0 Å². The lowest BCUT2D eigenvalue weighted by Gasteiger charge is -2.28. The zero-order valence-corrected chi connectivity index (χ0v) is 74.1. The van der Waals surface area contributed by atoms with E-state index in [4.69, 9.17) is 65.4 Å². The molecule has 7 N–H and O–H groups in total. The van der Waals surface area contributed by atoms with Gasteiger partial charge < -0.3 is 56.2 Å². The molecule has 4 saturated heterocycles. The number of carbonyl (C=O) groups is 7. The molecule has 12 aromatic rings. The van der Waals surface area contributed by atoms with E-state index in [0.717, 1.165) is 21.3 Å². The van der Waals surface area contributed by atoms with Crippen molar-refractivity contribution < 1.29 is 90.6 Å². The second-order valence-corrected chi connectivity index (χ2v) is 37.5. The lowest BCUT2D eigenvalue weighted by molar-refractivity contribution is 0.101. The maximum Gasteiger partial charge on any atom is 0.259 e. The molecule has 0 spiro atoms. The van der Waals surface area contributed by atoms with E-state index in [-0.39, 0.29) is 119 Å². The number of aromatic nitrogens is 1. The molecular weight excluding hydrogens is 1830 g/mol. The number of rotatable bonds is 18. The van der Waals surface area contributed by atoms with Crippen molar-refractivity contribution in [3.63, 3.8) is 0 Å². The van der Waals surface area contributed by atoms with E-state index in [2.05, 4.69) is 42.2 Å². The van der Waals surface area contributed by atoms with Gasteiger partial charge in [-0.1, -0.05) is 113 Å². The summed E-state index contributed by atoms with van der Waals surface area (Å²) in [6.45, 7) is 3.52. The number of fused-ring (bicyclic) bond motifs is 1. The lowest BCUT2D eigenvalue weighted by atomic mass is 10.1. The van der Waals surface area contributed by atoms with Gasteiger partial charge in [-0.2, -0.15) is 0 Å². The number of hydrogen-bond acceptors (Lipinski definition) is 20. The first kappa shape index (κ1) is 93.7. The molecule has 7 amide bonds. The van der Waals surface area contributed by atoms with E-state index in [1.165, 1.54) is 67.5 Å². The van der Waals surface area contributed by atoms with Crippen molar-refractivity contribution in [3.05, 3.63) is 331 Å². The topological polar surface area (TPSA) is 403 Å². The number of halogens is 5. The number of carbonyl (C=O) groups excluding carboxylic acids is 7. The number of amides is 7. The molecule has 4 aliphatic rings. The Morgan fingerprint density at radius 2 is 0.643 bits per heavy atom. The molecule has 666 valence electrons. The van der Waals surface area contributed by atoms with Crippen molar-refractivity contribution in [2.45, 2.75) is 6.92 Å². The molecule has 16 rings (SSSR count). The minimum atomic E-state index is -3.72. The van der Waals surface area contributed by atoms with Gasteiger partial charge in [0.1, 0.15) is 5.82 Å². The summed E-state index contributed by atoms with van der Waals surface area (Å²) < 4.78 is 137. The van der Waals surface area contributed by atoms with Crippen LogP contribution in [0.25, 0.3) is 10.9 Å². The minimum Gasteiger partial charge on any atom is -0.362 e. The highest BCUT2D eigenvalue weighted by atomic mass is 35.5. The normalized spacial score (nSPS) is 15.2. The van der Waals surface area contributed by atoms with Crippen LogP contribution in [0.3, 0.4) is 0 Å². The molecule has 0 bridgehead atoms. The van der Waals surface area contributed by atoms with Crippen LogP contribution in [-0.4, -0.2) is 156 Å². The van der Waals surface area contributed by atoms with Crippen LogP contribution < -0.4 is 54.4 Å². The summed E-state index contributed by atoms with van der Waals surface area (Å²) in [7, 11) is -14.4. The molecule has 0 unspecified atom stereocenters. The van der Waals surface area contributed by atoms with Crippen molar-refractivity contribution in [2.24, 2.45) is 0 Å². The predicted octanol–water partition coefficient (Wildman–Crippen LogP) is 15.6. The highest BCUT2D eigenvalue weighted by Gasteiger charge is 2.33. The third-order valence-corrected chi connectivity index (χ3v) is 27.0. The van der Waals surface area contributed by atoms with E-state index < -0.39 is 69.6 Å². The molecule has 40 heteroatoms. The molecule has 5 heterocycles. The molecule has 4 aliphatic heterocycles. The average Bonchev–Trinajstić information content (AvgIpc) is 0.804. The largest absolute Gasteiger partial charge is 0.362 e. The van der Waals surface area contributed by atoms with Crippen LogP contribution in [0, 0.1) is 12.7 Å². The first-order chi connectivity index (χ1) is 61.8. The summed E-state index contributed by atoms with van der Waals surface area (Å²) in [5.41, 5.74) is 7.62. The van der Waals surface area contributed by atoms with Gasteiger partial charge in [0, 0.05) is 62.1 Å². The first-order valence-electron chi connectivity index (χ1n) is 39.0. The van der Waals surface area contributed by atoms with Gasteiger partial charge in [-0.3, -0.25) is 55.8 Å². The van der Waals surface area contributed by atoms with Gasteiger partial charge in [-0.05, 0) is 201 Å². The SMILES string of the molecule is Cc1cc(N2CCOCS2(=O)=O)ccc1C(=O)Nc1ccc(Cl)c(NC(=O)c2ccccc2)c1.O=C(Nc1cc(NC(=O)c2ccc(N3CCOCS3(=O)=O)cc2Cl)ccc1Cl)c1ccccc1.O=C(Nc1cc(NC(=O)c2ccc(N3CCOCS3(=O)=O)cc2F)ccc1Cl)c1ccccc1.O=C(Nc1ccc2cccnc2c1)c1ccc(N2CCOCS2(=O)=O)cc1. The number of anilines is 11. The van der Waals surface area contributed by atoms with Gasteiger partial charge in [0.2, 0.25) is 0 Å². The van der Waals surface area contributed by atoms with Gasteiger partial charge in [0.15, 0.2) is 23.8 Å². The van der Waals surface area contributed by atoms with Crippen molar-refractivity contribution >= 4 is 201 Å². The molecule has 0 radical (unpaired) electrons. The Morgan fingerprint density at radius 3 is 1.04 bits per heavy atom. The maximum absolute atomic E-state index is 14.7. The van der Waals surface area contributed by atoms with Crippen LogP contribution in [0.2, 0.25) is 20.1 Å². The summed E-state index contributed by atoms with van der Waals surface area (Å²) in [4.78, 5) is 92.5. The number of pyridine rings is 1. The Morgan fingerprint density at radius 1 is 0.318 bits per heavy atom. The zero-order valence-electron chi connectivity index (χ0n) is 67.8. The van der Waals surface area contributed by atoms with Crippen LogP contribution in [0.4, 0.5) is 67.0 Å². The summed E-state index contributed by atoms with van der Waals surface area (Å²) in [6.07, 6.45) is 1.70. The van der Waals surface area contributed by atoms with Crippen molar-refractivity contribution in [1.29, 1.82) is 0 Å². The molecule has 129 heavy (non-hydrogen) atoms. The fraction of sp³-hybridized carbons (Fsp3) is 0.146. The van der Waals surface area contributed by atoms with Crippen LogP contribution in [0.1, 0.15) is 78.1 Å². The van der Waals surface area contributed by atoms with Crippen molar-refractivity contribution in [1.82, 2.24) is 4.98 Å². The second kappa shape index (κ2) is 41.9. The van der Waals surface area contributed by atoms with Gasteiger partial charge in [-0.15, -0.1) is 0 Å². The van der Waals surface area contributed by atoms with Crippen molar-refractivity contribution in [3.8, 4) is 0 Å². The fourth-order valence-electron chi connectivity index (χ4n) is 13.1. The van der Waals surface area contributed by atoms with Gasteiger partial charge in [0.05, 0.1) is 129 Å².